The van der Waals surface area contributed by atoms with Gasteiger partial charge in [-0.05, 0) is 54.8 Å². The first-order chi connectivity index (χ1) is 16.0. The minimum Gasteiger partial charge on any atom is -0.332 e. The fourth-order valence-corrected chi connectivity index (χ4v) is 4.10. The molecule has 4 aromatic rings. The normalized spacial score (nSPS) is 10.8. The van der Waals surface area contributed by atoms with Crippen molar-refractivity contribution in [2.24, 2.45) is 0 Å². The molecule has 0 saturated carbocycles. The number of carbonyl (C=O) groups is 2. The molecule has 0 aliphatic carbocycles. The minimum atomic E-state index is -0.343. The van der Waals surface area contributed by atoms with Crippen molar-refractivity contribution >= 4 is 40.2 Å². The minimum absolute atomic E-state index is 0.107. The molecule has 0 aliphatic heterocycles. The molecule has 1 N–H and O–H groups in total. The summed E-state index contributed by atoms with van der Waals surface area (Å²) in [4.78, 5) is 33.0. The first-order valence-electron chi connectivity index (χ1n) is 10.3. The molecule has 0 saturated heterocycles. The Balaban J connectivity index is 1.61. The molecule has 4 rings (SSSR count). The van der Waals surface area contributed by atoms with Gasteiger partial charge in [-0.3, -0.25) is 9.59 Å². The van der Waals surface area contributed by atoms with Gasteiger partial charge in [-0.1, -0.05) is 30.3 Å². The number of pyridine rings is 1. The molecule has 166 valence electrons. The second kappa shape index (κ2) is 9.83. The zero-order chi connectivity index (χ0) is 23.4. The van der Waals surface area contributed by atoms with E-state index in [9.17, 15) is 14.0 Å². The zero-order valence-electron chi connectivity index (χ0n) is 18.2. The van der Waals surface area contributed by atoms with Crippen molar-refractivity contribution in [3.63, 3.8) is 0 Å². The van der Waals surface area contributed by atoms with Crippen LogP contribution in [-0.4, -0.2) is 41.5 Å². The standard InChI is InChI=1S/C26H22FN3O2S/c1-30(16-25(31)29-22-9-5-6-10-24(22)33-2)26(32)20-15-23(17-11-13-18(27)14-12-17)28-21-8-4-3-7-19(20)21/h3-15H,16H2,1-2H3,(H,29,31). The number of anilines is 1. The fourth-order valence-electron chi connectivity index (χ4n) is 3.55. The van der Waals surface area contributed by atoms with Gasteiger partial charge in [0.05, 0.1) is 29.0 Å². The third kappa shape index (κ3) is 5.04. The van der Waals surface area contributed by atoms with Crippen molar-refractivity contribution in [2.75, 3.05) is 25.2 Å². The summed E-state index contributed by atoms with van der Waals surface area (Å²) < 4.78 is 13.4. The number of hydrogen-bond donors (Lipinski definition) is 1. The van der Waals surface area contributed by atoms with E-state index in [1.807, 2.05) is 54.8 Å². The van der Waals surface area contributed by atoms with Crippen LogP contribution >= 0.6 is 11.8 Å². The molecule has 0 unspecified atom stereocenters. The second-order valence-electron chi connectivity index (χ2n) is 7.49. The largest absolute Gasteiger partial charge is 0.332 e. The fraction of sp³-hybridized carbons (Fsp3) is 0.115. The van der Waals surface area contributed by atoms with Gasteiger partial charge in [-0.25, -0.2) is 9.37 Å². The highest BCUT2D eigenvalue weighted by Gasteiger charge is 2.20. The molecule has 0 bridgehead atoms. The van der Waals surface area contributed by atoms with Crippen LogP contribution in [0.5, 0.6) is 0 Å². The molecule has 0 spiro atoms. The number of carbonyl (C=O) groups excluding carboxylic acids is 2. The number of halogens is 1. The van der Waals surface area contributed by atoms with E-state index in [1.165, 1.54) is 28.8 Å². The third-order valence-corrected chi connectivity index (χ3v) is 5.99. The number of fused-ring (bicyclic) bond motifs is 1. The first-order valence-corrected chi connectivity index (χ1v) is 11.5. The number of benzene rings is 3. The lowest BCUT2D eigenvalue weighted by atomic mass is 10.0. The number of rotatable bonds is 6. The van der Waals surface area contributed by atoms with Crippen LogP contribution in [0.1, 0.15) is 10.4 Å². The van der Waals surface area contributed by atoms with Crippen molar-refractivity contribution in [3.8, 4) is 11.3 Å². The molecule has 0 radical (unpaired) electrons. The molecular formula is C26H22FN3O2S. The summed E-state index contributed by atoms with van der Waals surface area (Å²) in [7, 11) is 1.59. The highest BCUT2D eigenvalue weighted by Crippen LogP contribution is 2.27. The molecule has 0 atom stereocenters. The lowest BCUT2D eigenvalue weighted by molar-refractivity contribution is -0.116. The van der Waals surface area contributed by atoms with Gasteiger partial charge in [0, 0.05) is 22.9 Å². The predicted molar refractivity (Wildman–Crippen MR) is 131 cm³/mol. The quantitative estimate of drug-likeness (QED) is 0.388. The van der Waals surface area contributed by atoms with Crippen LogP contribution in [0.3, 0.4) is 0 Å². The summed E-state index contributed by atoms with van der Waals surface area (Å²) in [6.07, 6.45) is 1.94. The summed E-state index contributed by atoms with van der Waals surface area (Å²) in [5, 5.41) is 3.57. The molecule has 5 nitrogen and oxygen atoms in total. The van der Waals surface area contributed by atoms with Gasteiger partial charge in [0.15, 0.2) is 0 Å². The zero-order valence-corrected chi connectivity index (χ0v) is 19.0. The maximum atomic E-state index is 13.4. The monoisotopic (exact) mass is 459 g/mol. The lowest BCUT2D eigenvalue weighted by Gasteiger charge is -2.19. The Kier molecular flexibility index (Phi) is 6.70. The predicted octanol–water partition coefficient (Wildman–Crippen LogP) is 5.47. The number of hydrogen-bond acceptors (Lipinski definition) is 4. The van der Waals surface area contributed by atoms with Crippen LogP contribution in [0.25, 0.3) is 22.2 Å². The summed E-state index contributed by atoms with van der Waals surface area (Å²) in [5.74, 6) is -0.931. The number of thioether (sulfide) groups is 1. The number of likely N-dealkylation sites (N-methyl/N-ethyl adjacent to an activating group) is 1. The molecular weight excluding hydrogens is 437 g/mol. The van der Waals surface area contributed by atoms with E-state index in [1.54, 1.807) is 25.2 Å². The van der Waals surface area contributed by atoms with Crippen molar-refractivity contribution in [1.82, 2.24) is 9.88 Å². The molecule has 1 aromatic heterocycles. The molecule has 1 heterocycles. The number of amides is 2. The van der Waals surface area contributed by atoms with Crippen molar-refractivity contribution in [1.29, 1.82) is 0 Å². The van der Waals surface area contributed by atoms with Gasteiger partial charge >= 0.3 is 0 Å². The van der Waals surface area contributed by atoms with E-state index in [-0.39, 0.29) is 24.2 Å². The van der Waals surface area contributed by atoms with Gasteiger partial charge in [0.1, 0.15) is 5.82 Å². The summed E-state index contributed by atoms with van der Waals surface area (Å²) in [5.41, 5.74) is 3.05. The maximum Gasteiger partial charge on any atom is 0.254 e. The van der Waals surface area contributed by atoms with Crippen LogP contribution < -0.4 is 5.32 Å². The Morgan fingerprint density at radius 1 is 1.00 bits per heavy atom. The second-order valence-corrected chi connectivity index (χ2v) is 8.34. The van der Waals surface area contributed by atoms with Gasteiger partial charge in [0.2, 0.25) is 5.91 Å². The molecule has 2 amide bonds. The van der Waals surface area contributed by atoms with Crippen LogP contribution in [0.4, 0.5) is 10.1 Å². The summed E-state index contributed by atoms with van der Waals surface area (Å²) in [6.45, 7) is -0.107. The van der Waals surface area contributed by atoms with Crippen molar-refractivity contribution < 1.29 is 14.0 Å². The number of para-hydroxylation sites is 2. The molecule has 33 heavy (non-hydrogen) atoms. The maximum absolute atomic E-state index is 13.4. The van der Waals surface area contributed by atoms with E-state index in [0.29, 0.717) is 33.4 Å². The van der Waals surface area contributed by atoms with E-state index < -0.39 is 0 Å². The smallest absolute Gasteiger partial charge is 0.254 e. The van der Waals surface area contributed by atoms with Crippen LogP contribution in [-0.2, 0) is 4.79 Å². The first kappa shape index (κ1) is 22.5. The van der Waals surface area contributed by atoms with Gasteiger partial charge in [-0.15, -0.1) is 11.8 Å². The Morgan fingerprint density at radius 3 is 2.45 bits per heavy atom. The highest BCUT2D eigenvalue weighted by atomic mass is 32.2. The number of nitrogens with one attached hydrogen (secondary N) is 1. The van der Waals surface area contributed by atoms with E-state index in [2.05, 4.69) is 10.3 Å². The highest BCUT2D eigenvalue weighted by molar-refractivity contribution is 7.98. The topological polar surface area (TPSA) is 62.3 Å². The van der Waals surface area contributed by atoms with Crippen LogP contribution in [0.15, 0.2) is 83.8 Å². The molecule has 3 aromatic carbocycles. The Hall–Kier alpha value is -3.71. The van der Waals surface area contributed by atoms with E-state index in [0.717, 1.165) is 4.90 Å². The Morgan fingerprint density at radius 2 is 1.70 bits per heavy atom. The number of aromatic nitrogens is 1. The Bertz CT molecular complexity index is 1320. The molecule has 0 fully saturated rings. The van der Waals surface area contributed by atoms with Crippen molar-refractivity contribution in [2.45, 2.75) is 4.90 Å². The van der Waals surface area contributed by atoms with Gasteiger partial charge in [0.25, 0.3) is 5.91 Å². The van der Waals surface area contributed by atoms with Gasteiger partial charge < -0.3 is 10.2 Å². The number of nitrogens with zero attached hydrogens (tertiary/aromatic N) is 2. The van der Waals surface area contributed by atoms with Crippen LogP contribution in [0.2, 0.25) is 0 Å². The molecule has 0 aliphatic rings. The summed E-state index contributed by atoms with van der Waals surface area (Å²) in [6, 6.07) is 22.5. The van der Waals surface area contributed by atoms with Gasteiger partial charge in [-0.2, -0.15) is 0 Å². The SMILES string of the molecule is CSc1ccccc1NC(=O)CN(C)C(=O)c1cc(-c2ccc(F)cc2)nc2ccccc12. The average Bonchev–Trinajstić information content (AvgIpc) is 2.83. The van der Waals surface area contributed by atoms with E-state index in [4.69, 9.17) is 0 Å². The van der Waals surface area contributed by atoms with E-state index >= 15 is 0 Å². The average molecular weight is 460 g/mol. The lowest BCUT2D eigenvalue weighted by Crippen LogP contribution is -2.35. The van der Waals surface area contributed by atoms with Crippen LogP contribution in [0, 0.1) is 5.82 Å². The summed E-state index contributed by atoms with van der Waals surface area (Å²) >= 11 is 1.54. The molecule has 7 heteroatoms. The third-order valence-electron chi connectivity index (χ3n) is 5.20. The van der Waals surface area contributed by atoms with Crippen molar-refractivity contribution in [3.05, 3.63) is 90.2 Å². The Labute approximate surface area is 195 Å².